The minimum absolute atomic E-state index is 0.0212. The topological polar surface area (TPSA) is 49.9 Å². The van der Waals surface area contributed by atoms with Gasteiger partial charge in [0.1, 0.15) is 13.2 Å². The van der Waals surface area contributed by atoms with Crippen LogP contribution in [0.25, 0.3) is 0 Å². The van der Waals surface area contributed by atoms with E-state index in [0.717, 1.165) is 23.3 Å². The van der Waals surface area contributed by atoms with Crippen molar-refractivity contribution in [2.45, 2.75) is 32.0 Å². The molecule has 0 aliphatic heterocycles. The fraction of sp³-hybridized carbons (Fsp3) is 0.400. The van der Waals surface area contributed by atoms with Gasteiger partial charge in [0, 0.05) is 24.6 Å². The van der Waals surface area contributed by atoms with Crippen LogP contribution in [0.1, 0.15) is 23.3 Å². The SMILES string of the molecule is COCC(=O)N(CC(=O)N(Cc1ccccc1)Cc1cccs1)C1CC1. The Bertz CT molecular complexity index is 714. The Labute approximate surface area is 158 Å². The monoisotopic (exact) mass is 372 g/mol. The van der Waals surface area contributed by atoms with Crippen LogP contribution in [-0.2, 0) is 27.4 Å². The van der Waals surface area contributed by atoms with Crippen molar-refractivity contribution in [2.24, 2.45) is 0 Å². The van der Waals surface area contributed by atoms with E-state index in [1.54, 1.807) is 16.2 Å². The van der Waals surface area contributed by atoms with Crippen LogP contribution in [-0.4, -0.2) is 47.9 Å². The molecule has 0 N–H and O–H groups in total. The zero-order valence-corrected chi connectivity index (χ0v) is 15.8. The second-order valence-electron chi connectivity index (χ2n) is 6.50. The predicted molar refractivity (Wildman–Crippen MR) is 102 cm³/mol. The summed E-state index contributed by atoms with van der Waals surface area (Å²) < 4.78 is 4.97. The van der Waals surface area contributed by atoms with Gasteiger partial charge in [-0.2, -0.15) is 0 Å². The molecule has 0 radical (unpaired) electrons. The molecule has 26 heavy (non-hydrogen) atoms. The first kappa shape index (κ1) is 18.6. The van der Waals surface area contributed by atoms with Gasteiger partial charge in [-0.1, -0.05) is 36.4 Å². The first-order valence-corrected chi connectivity index (χ1v) is 9.68. The lowest BCUT2D eigenvalue weighted by atomic mass is 10.2. The highest BCUT2D eigenvalue weighted by Crippen LogP contribution is 2.27. The third-order valence-electron chi connectivity index (χ3n) is 4.38. The van der Waals surface area contributed by atoms with Gasteiger partial charge in [-0.05, 0) is 29.9 Å². The highest BCUT2D eigenvalue weighted by molar-refractivity contribution is 7.09. The summed E-state index contributed by atoms with van der Waals surface area (Å²) in [7, 11) is 1.50. The van der Waals surface area contributed by atoms with Crippen LogP contribution in [0.4, 0.5) is 0 Å². The van der Waals surface area contributed by atoms with E-state index < -0.39 is 0 Å². The fourth-order valence-electron chi connectivity index (χ4n) is 2.89. The number of ether oxygens (including phenoxy) is 1. The smallest absolute Gasteiger partial charge is 0.249 e. The van der Waals surface area contributed by atoms with Gasteiger partial charge in [0.2, 0.25) is 11.8 Å². The lowest BCUT2D eigenvalue weighted by Crippen LogP contribution is -2.44. The van der Waals surface area contributed by atoms with E-state index in [4.69, 9.17) is 4.74 Å². The number of benzene rings is 1. The molecule has 0 unspecified atom stereocenters. The number of amides is 2. The summed E-state index contributed by atoms with van der Waals surface area (Å²) in [6, 6.07) is 14.2. The first-order valence-electron chi connectivity index (χ1n) is 8.80. The minimum atomic E-state index is -0.112. The summed E-state index contributed by atoms with van der Waals surface area (Å²) in [4.78, 5) is 30.0. The van der Waals surface area contributed by atoms with E-state index in [1.807, 2.05) is 52.7 Å². The molecule has 6 heteroatoms. The third kappa shape index (κ3) is 5.16. The molecule has 2 amide bonds. The molecule has 1 aromatic carbocycles. The van der Waals surface area contributed by atoms with Gasteiger partial charge in [-0.3, -0.25) is 9.59 Å². The normalized spacial score (nSPS) is 13.4. The first-order chi connectivity index (χ1) is 12.7. The number of nitrogens with zero attached hydrogens (tertiary/aromatic N) is 2. The van der Waals surface area contributed by atoms with E-state index in [0.29, 0.717) is 13.1 Å². The summed E-state index contributed by atoms with van der Waals surface area (Å²) in [5.41, 5.74) is 1.08. The molecule has 1 aromatic heterocycles. The molecule has 138 valence electrons. The number of thiophene rings is 1. The standard InChI is InChI=1S/C20H24N2O3S/c1-25-15-20(24)22(17-9-10-17)14-19(23)21(13-18-8-5-11-26-18)12-16-6-3-2-4-7-16/h2-8,11,17H,9-10,12-15H2,1H3. The van der Waals surface area contributed by atoms with Gasteiger partial charge >= 0.3 is 0 Å². The molecule has 0 atom stereocenters. The van der Waals surface area contributed by atoms with Crippen LogP contribution in [0.5, 0.6) is 0 Å². The van der Waals surface area contributed by atoms with Crippen molar-refractivity contribution in [1.29, 1.82) is 0 Å². The van der Waals surface area contributed by atoms with E-state index in [9.17, 15) is 9.59 Å². The highest BCUT2D eigenvalue weighted by atomic mass is 32.1. The minimum Gasteiger partial charge on any atom is -0.375 e. The Balaban J connectivity index is 1.71. The van der Waals surface area contributed by atoms with Crippen LogP contribution in [0, 0.1) is 0 Å². The van der Waals surface area contributed by atoms with Crippen LogP contribution < -0.4 is 0 Å². The molecule has 1 aliphatic rings. The molecule has 1 heterocycles. The number of hydrogen-bond donors (Lipinski definition) is 0. The maximum absolute atomic E-state index is 13.0. The maximum atomic E-state index is 13.0. The quantitative estimate of drug-likeness (QED) is 0.680. The Kier molecular flexibility index (Phi) is 6.41. The van der Waals surface area contributed by atoms with Crippen molar-refractivity contribution in [3.63, 3.8) is 0 Å². The Hall–Kier alpha value is -2.18. The Morgan fingerprint density at radius 2 is 1.85 bits per heavy atom. The number of carbonyl (C=O) groups excluding carboxylic acids is 2. The molecule has 1 saturated carbocycles. The predicted octanol–water partition coefficient (Wildman–Crippen LogP) is 2.91. The van der Waals surface area contributed by atoms with Gasteiger partial charge in [0.15, 0.2) is 0 Å². The molecular formula is C20H24N2O3S. The number of methoxy groups -OCH3 is 1. The fourth-order valence-corrected chi connectivity index (χ4v) is 3.61. The van der Waals surface area contributed by atoms with Crippen molar-refractivity contribution < 1.29 is 14.3 Å². The van der Waals surface area contributed by atoms with Crippen molar-refractivity contribution in [3.05, 3.63) is 58.3 Å². The molecule has 5 nitrogen and oxygen atoms in total. The van der Waals surface area contributed by atoms with Gasteiger partial charge in [-0.25, -0.2) is 0 Å². The largest absolute Gasteiger partial charge is 0.375 e. The molecular weight excluding hydrogens is 348 g/mol. The molecule has 0 bridgehead atoms. The summed E-state index contributed by atoms with van der Waals surface area (Å²) >= 11 is 1.64. The maximum Gasteiger partial charge on any atom is 0.249 e. The molecule has 0 spiro atoms. The number of hydrogen-bond acceptors (Lipinski definition) is 4. The summed E-state index contributed by atoms with van der Waals surface area (Å²) in [6.45, 7) is 1.23. The van der Waals surface area contributed by atoms with Crippen LogP contribution in [0.15, 0.2) is 47.8 Å². The molecule has 0 saturated heterocycles. The summed E-state index contributed by atoms with van der Waals surface area (Å²) in [6.07, 6.45) is 1.93. The van der Waals surface area contributed by atoms with Gasteiger partial charge in [0.25, 0.3) is 0 Å². The average Bonchev–Trinajstić information content (AvgIpc) is 3.36. The van der Waals surface area contributed by atoms with Gasteiger partial charge in [0.05, 0.1) is 6.54 Å². The van der Waals surface area contributed by atoms with Gasteiger partial charge < -0.3 is 14.5 Å². The van der Waals surface area contributed by atoms with E-state index in [2.05, 4.69) is 0 Å². The van der Waals surface area contributed by atoms with Crippen molar-refractivity contribution >= 4 is 23.2 Å². The van der Waals surface area contributed by atoms with Crippen molar-refractivity contribution in [3.8, 4) is 0 Å². The van der Waals surface area contributed by atoms with E-state index in [1.165, 1.54) is 7.11 Å². The third-order valence-corrected chi connectivity index (χ3v) is 5.24. The zero-order chi connectivity index (χ0) is 18.4. The molecule has 1 fully saturated rings. The zero-order valence-electron chi connectivity index (χ0n) is 15.0. The van der Waals surface area contributed by atoms with Crippen molar-refractivity contribution in [2.75, 3.05) is 20.3 Å². The second kappa shape index (κ2) is 8.96. The second-order valence-corrected chi connectivity index (χ2v) is 7.53. The Morgan fingerprint density at radius 1 is 1.08 bits per heavy atom. The van der Waals surface area contributed by atoms with E-state index in [-0.39, 0.29) is 31.0 Å². The van der Waals surface area contributed by atoms with Crippen LogP contribution in [0.3, 0.4) is 0 Å². The average molecular weight is 372 g/mol. The molecule has 1 aliphatic carbocycles. The lowest BCUT2D eigenvalue weighted by Gasteiger charge is -2.27. The van der Waals surface area contributed by atoms with Crippen LogP contribution >= 0.6 is 11.3 Å². The number of carbonyl (C=O) groups is 2. The molecule has 2 aromatic rings. The Morgan fingerprint density at radius 3 is 2.46 bits per heavy atom. The molecule has 3 rings (SSSR count). The lowest BCUT2D eigenvalue weighted by molar-refractivity contribution is -0.143. The van der Waals surface area contributed by atoms with Crippen LogP contribution in [0.2, 0.25) is 0 Å². The highest BCUT2D eigenvalue weighted by Gasteiger charge is 2.34. The van der Waals surface area contributed by atoms with E-state index >= 15 is 0 Å². The summed E-state index contributed by atoms with van der Waals surface area (Å²) in [5.74, 6) is -0.141. The van der Waals surface area contributed by atoms with Gasteiger partial charge in [-0.15, -0.1) is 11.3 Å². The van der Waals surface area contributed by atoms with Crippen molar-refractivity contribution in [1.82, 2.24) is 9.80 Å². The number of rotatable bonds is 9. The summed E-state index contributed by atoms with van der Waals surface area (Å²) in [5, 5.41) is 2.01.